The number of benzene rings is 2. The third kappa shape index (κ3) is 2.39. The van der Waals surface area contributed by atoms with Gasteiger partial charge >= 0.3 is 0 Å². The van der Waals surface area contributed by atoms with Gasteiger partial charge in [0.1, 0.15) is 0 Å². The number of nitrogens with zero attached hydrogens (tertiary/aromatic N) is 1. The van der Waals surface area contributed by atoms with E-state index in [0.29, 0.717) is 15.0 Å². The largest absolute Gasteiger partial charge is 0.268 e. The monoisotopic (exact) mass is 383 g/mol. The van der Waals surface area contributed by atoms with Gasteiger partial charge in [0.15, 0.2) is 0 Å². The molecule has 21 heavy (non-hydrogen) atoms. The molecule has 3 rings (SSSR count). The van der Waals surface area contributed by atoms with Crippen LogP contribution in [-0.4, -0.2) is 12.4 Å². The Morgan fingerprint density at radius 1 is 1.10 bits per heavy atom. The molecule has 0 saturated heterocycles. The molecule has 0 saturated carbocycles. The number of para-hydroxylation sites is 1. The van der Waals surface area contributed by atoms with Crippen LogP contribution in [0.25, 0.3) is 10.9 Å². The molecule has 0 bridgehead atoms. The van der Waals surface area contributed by atoms with Crippen LogP contribution < -0.4 is 0 Å². The van der Waals surface area contributed by atoms with Gasteiger partial charge in [0.2, 0.25) is 0 Å². The second-order valence-corrected chi connectivity index (χ2v) is 7.80. The van der Waals surface area contributed by atoms with Crippen molar-refractivity contribution in [3.05, 3.63) is 63.7 Å². The van der Waals surface area contributed by atoms with Crippen LogP contribution in [0.3, 0.4) is 0 Å². The molecule has 0 spiro atoms. The second kappa shape index (κ2) is 5.16. The summed E-state index contributed by atoms with van der Waals surface area (Å²) in [5.74, 6) is 0. The normalized spacial score (nSPS) is 12.0. The first-order valence-electron chi connectivity index (χ1n) is 6.18. The highest BCUT2D eigenvalue weighted by Gasteiger charge is 2.21. The molecule has 108 valence electrons. The molecule has 0 unspecified atom stereocenters. The zero-order chi connectivity index (χ0) is 15.2. The summed E-state index contributed by atoms with van der Waals surface area (Å²) in [4.78, 5) is 0.234. The molecule has 6 heteroatoms. The third-order valence-corrected chi connectivity index (χ3v) is 5.88. The van der Waals surface area contributed by atoms with Crippen LogP contribution in [-0.2, 0) is 10.0 Å². The first-order valence-corrected chi connectivity index (χ1v) is 8.79. The van der Waals surface area contributed by atoms with E-state index < -0.39 is 10.0 Å². The van der Waals surface area contributed by atoms with Crippen LogP contribution >= 0.6 is 27.5 Å². The predicted octanol–water partition coefficient (Wildman–Crippen LogP) is 4.60. The molecule has 0 aliphatic carbocycles. The van der Waals surface area contributed by atoms with Crippen molar-refractivity contribution < 1.29 is 8.42 Å². The molecule has 3 nitrogen and oxygen atoms in total. The molecule has 0 N–H and O–H groups in total. The van der Waals surface area contributed by atoms with Crippen LogP contribution in [0.4, 0.5) is 0 Å². The number of hydrogen-bond acceptors (Lipinski definition) is 2. The Morgan fingerprint density at radius 2 is 1.76 bits per heavy atom. The summed E-state index contributed by atoms with van der Waals surface area (Å²) in [5, 5.41) is 1.16. The fourth-order valence-corrected chi connectivity index (χ4v) is 4.55. The Balaban J connectivity index is 2.32. The molecule has 1 aromatic heterocycles. The van der Waals surface area contributed by atoms with Gasteiger partial charge in [-0.3, -0.25) is 0 Å². The van der Waals surface area contributed by atoms with Gasteiger partial charge in [0.25, 0.3) is 10.0 Å². The van der Waals surface area contributed by atoms with Gasteiger partial charge in [-0.1, -0.05) is 41.4 Å². The van der Waals surface area contributed by atoms with E-state index in [4.69, 9.17) is 11.6 Å². The zero-order valence-corrected chi connectivity index (χ0v) is 14.2. The van der Waals surface area contributed by atoms with E-state index in [2.05, 4.69) is 15.9 Å². The topological polar surface area (TPSA) is 39.1 Å². The summed E-state index contributed by atoms with van der Waals surface area (Å²) < 4.78 is 27.5. The predicted molar refractivity (Wildman–Crippen MR) is 88.4 cm³/mol. The van der Waals surface area contributed by atoms with Crippen LogP contribution in [0.15, 0.2) is 58.0 Å². The Kier molecular flexibility index (Phi) is 3.59. The number of hydrogen-bond donors (Lipinski definition) is 0. The minimum absolute atomic E-state index is 0.234. The number of aryl methyl sites for hydroxylation is 1. The average Bonchev–Trinajstić information content (AvgIpc) is 2.79. The van der Waals surface area contributed by atoms with Gasteiger partial charge in [-0.15, -0.1) is 0 Å². The second-order valence-electron chi connectivity index (χ2n) is 4.73. The van der Waals surface area contributed by atoms with Crippen molar-refractivity contribution in [1.82, 2.24) is 3.97 Å². The minimum Gasteiger partial charge on any atom is -0.238 e. The maximum atomic E-state index is 12.8. The number of aromatic nitrogens is 1. The van der Waals surface area contributed by atoms with Gasteiger partial charge < -0.3 is 0 Å². The number of halogens is 2. The minimum atomic E-state index is -3.68. The van der Waals surface area contributed by atoms with Crippen molar-refractivity contribution in [1.29, 1.82) is 0 Å². The van der Waals surface area contributed by atoms with E-state index in [0.717, 1.165) is 10.9 Å². The average molecular weight is 385 g/mol. The summed E-state index contributed by atoms with van der Waals surface area (Å²) in [6.07, 6.45) is 1.53. The Hall–Kier alpha value is -1.30. The summed E-state index contributed by atoms with van der Waals surface area (Å²) >= 11 is 9.57. The first-order chi connectivity index (χ1) is 9.91. The zero-order valence-electron chi connectivity index (χ0n) is 11.0. The molecule has 0 fully saturated rings. The van der Waals surface area contributed by atoms with E-state index in [1.807, 2.05) is 13.0 Å². The van der Waals surface area contributed by atoms with E-state index in [1.54, 1.807) is 36.4 Å². The fourth-order valence-electron chi connectivity index (χ4n) is 2.18. The van der Waals surface area contributed by atoms with Gasteiger partial charge in [-0.05, 0) is 41.1 Å². The van der Waals surface area contributed by atoms with Gasteiger partial charge in [-0.25, -0.2) is 12.4 Å². The van der Waals surface area contributed by atoms with Gasteiger partial charge in [-0.2, -0.15) is 0 Å². The highest BCUT2D eigenvalue weighted by Crippen LogP contribution is 2.33. The number of fused-ring (bicyclic) bond motifs is 1. The van der Waals surface area contributed by atoms with Crippen LogP contribution in [0, 0.1) is 6.92 Å². The molecule has 0 aliphatic rings. The summed E-state index contributed by atoms with van der Waals surface area (Å²) in [6.45, 7) is 1.91. The summed E-state index contributed by atoms with van der Waals surface area (Å²) in [6, 6.07) is 12.0. The quantitative estimate of drug-likeness (QED) is 0.647. The van der Waals surface area contributed by atoms with Crippen molar-refractivity contribution in [2.45, 2.75) is 11.8 Å². The van der Waals surface area contributed by atoms with E-state index in [-0.39, 0.29) is 4.90 Å². The van der Waals surface area contributed by atoms with E-state index in [9.17, 15) is 8.42 Å². The Labute approximate surface area is 136 Å². The lowest BCUT2D eigenvalue weighted by Crippen LogP contribution is -2.11. The van der Waals surface area contributed by atoms with Crippen molar-refractivity contribution in [3.8, 4) is 0 Å². The first kappa shape index (κ1) is 14.6. The lowest BCUT2D eigenvalue weighted by Gasteiger charge is -2.08. The molecular weight excluding hydrogens is 374 g/mol. The highest BCUT2D eigenvalue weighted by atomic mass is 79.9. The summed E-state index contributed by atoms with van der Waals surface area (Å²) in [7, 11) is -3.68. The molecule has 0 amide bonds. The molecule has 2 aromatic carbocycles. The molecule has 1 heterocycles. The van der Waals surface area contributed by atoms with Crippen LogP contribution in [0.2, 0.25) is 5.02 Å². The van der Waals surface area contributed by atoms with Gasteiger partial charge in [0.05, 0.1) is 15.4 Å². The smallest absolute Gasteiger partial charge is 0.238 e. The third-order valence-electron chi connectivity index (χ3n) is 3.27. The maximum Gasteiger partial charge on any atom is 0.268 e. The lowest BCUT2D eigenvalue weighted by molar-refractivity contribution is 0.589. The van der Waals surface area contributed by atoms with E-state index >= 15 is 0 Å². The van der Waals surface area contributed by atoms with Crippen molar-refractivity contribution in [2.24, 2.45) is 0 Å². The molecule has 0 atom stereocenters. The summed E-state index contributed by atoms with van der Waals surface area (Å²) in [5.41, 5.74) is 1.48. The fraction of sp³-hybridized carbons (Fsp3) is 0.0667. The molecule has 3 aromatic rings. The SMILES string of the molecule is Cc1ccc(S(=O)(=O)n2cc(Br)c3cccc(Cl)c32)cc1. The van der Waals surface area contributed by atoms with E-state index in [1.165, 1.54) is 10.2 Å². The highest BCUT2D eigenvalue weighted by molar-refractivity contribution is 9.10. The lowest BCUT2D eigenvalue weighted by atomic mass is 10.2. The molecular formula is C15H11BrClNO2S. The molecule has 0 radical (unpaired) electrons. The van der Waals surface area contributed by atoms with Crippen molar-refractivity contribution >= 4 is 48.5 Å². The van der Waals surface area contributed by atoms with Crippen molar-refractivity contribution in [3.63, 3.8) is 0 Å². The van der Waals surface area contributed by atoms with Crippen molar-refractivity contribution in [2.75, 3.05) is 0 Å². The molecule has 0 aliphatic heterocycles. The standard InChI is InChI=1S/C15H11BrClNO2S/c1-10-5-7-11(8-6-10)21(19,20)18-9-13(16)12-3-2-4-14(17)15(12)18/h2-9H,1H3. The maximum absolute atomic E-state index is 12.8. The van der Waals surface area contributed by atoms with Crippen LogP contribution in [0.1, 0.15) is 5.56 Å². The van der Waals surface area contributed by atoms with Gasteiger partial charge in [0, 0.05) is 16.1 Å². The number of rotatable bonds is 2. The Morgan fingerprint density at radius 3 is 2.43 bits per heavy atom. The van der Waals surface area contributed by atoms with Crippen LogP contribution in [0.5, 0.6) is 0 Å². The Bertz CT molecular complexity index is 930.